The summed E-state index contributed by atoms with van der Waals surface area (Å²) in [5, 5.41) is 11.6. The predicted octanol–water partition coefficient (Wildman–Crippen LogP) is 4.33. The number of nitro benzene ring substituents is 1. The van der Waals surface area contributed by atoms with Gasteiger partial charge in [-0.2, -0.15) is 0 Å². The number of non-ortho nitro benzene ring substituents is 1. The number of alkyl halides is 1. The Hall–Kier alpha value is -1.66. The highest BCUT2D eigenvalue weighted by Gasteiger charge is 2.11. The van der Waals surface area contributed by atoms with Crippen molar-refractivity contribution in [1.82, 2.24) is 4.98 Å². The highest BCUT2D eigenvalue weighted by Crippen LogP contribution is 2.30. The van der Waals surface area contributed by atoms with E-state index in [4.69, 9.17) is 16.3 Å². The molecule has 0 saturated heterocycles. The molecule has 0 spiro atoms. The van der Waals surface area contributed by atoms with Gasteiger partial charge in [0.15, 0.2) is 0 Å². The van der Waals surface area contributed by atoms with Crippen molar-refractivity contribution in [3.63, 3.8) is 0 Å². The number of rotatable bonds is 4. The molecule has 2 rings (SSSR count). The van der Waals surface area contributed by atoms with Crippen molar-refractivity contribution in [3.8, 4) is 11.5 Å². The van der Waals surface area contributed by atoms with Gasteiger partial charge in [-0.25, -0.2) is 0 Å². The first-order chi connectivity index (χ1) is 9.10. The number of aromatic nitrogens is 1. The van der Waals surface area contributed by atoms with Crippen LogP contribution in [0.25, 0.3) is 0 Å². The molecule has 0 unspecified atom stereocenters. The molecule has 5 nitrogen and oxygen atoms in total. The van der Waals surface area contributed by atoms with Gasteiger partial charge in [-0.3, -0.25) is 15.1 Å². The first kappa shape index (κ1) is 13.8. The monoisotopic (exact) mass is 342 g/mol. The Balaban J connectivity index is 2.32. The van der Waals surface area contributed by atoms with Crippen LogP contribution in [0.2, 0.25) is 5.02 Å². The normalized spacial score (nSPS) is 10.2. The van der Waals surface area contributed by atoms with Crippen LogP contribution in [0.5, 0.6) is 11.5 Å². The molecular weight excluding hydrogens is 336 g/mol. The molecule has 19 heavy (non-hydrogen) atoms. The Morgan fingerprint density at radius 1 is 1.37 bits per heavy atom. The molecule has 0 aliphatic carbocycles. The zero-order valence-electron chi connectivity index (χ0n) is 9.55. The summed E-state index contributed by atoms with van der Waals surface area (Å²) in [6, 6.07) is 6.02. The van der Waals surface area contributed by atoms with Crippen LogP contribution in [-0.4, -0.2) is 9.91 Å². The van der Waals surface area contributed by atoms with E-state index in [1.807, 2.05) is 0 Å². The first-order valence-corrected chi connectivity index (χ1v) is 6.72. The molecule has 1 aromatic carbocycles. The first-order valence-electron chi connectivity index (χ1n) is 5.22. The minimum atomic E-state index is -0.448. The maximum atomic E-state index is 10.7. The number of halogens is 2. The molecule has 0 fully saturated rings. The summed E-state index contributed by atoms with van der Waals surface area (Å²) in [7, 11) is 0. The van der Waals surface area contributed by atoms with E-state index in [-0.39, 0.29) is 5.69 Å². The second-order valence-corrected chi connectivity index (χ2v) is 4.62. The minimum Gasteiger partial charge on any atom is -0.455 e. The fourth-order valence-electron chi connectivity index (χ4n) is 1.46. The molecule has 2 aromatic rings. The molecular formula is C12H8BrClN2O3. The van der Waals surface area contributed by atoms with E-state index in [9.17, 15) is 10.1 Å². The molecule has 1 aromatic heterocycles. The lowest BCUT2D eigenvalue weighted by molar-refractivity contribution is -0.384. The topological polar surface area (TPSA) is 65.3 Å². The molecule has 0 bridgehead atoms. The van der Waals surface area contributed by atoms with Crippen LogP contribution in [0.4, 0.5) is 5.69 Å². The average molecular weight is 344 g/mol. The number of nitro groups is 1. The van der Waals surface area contributed by atoms with Gasteiger partial charge in [0.25, 0.3) is 5.69 Å². The van der Waals surface area contributed by atoms with Crippen molar-refractivity contribution in [2.45, 2.75) is 5.33 Å². The highest BCUT2D eigenvalue weighted by atomic mass is 79.9. The van der Waals surface area contributed by atoms with E-state index in [1.165, 1.54) is 24.5 Å². The zero-order chi connectivity index (χ0) is 13.8. The van der Waals surface area contributed by atoms with Crippen LogP contribution in [0.1, 0.15) is 5.56 Å². The van der Waals surface area contributed by atoms with Gasteiger partial charge in [0.2, 0.25) is 0 Å². The van der Waals surface area contributed by atoms with E-state index < -0.39 is 4.92 Å². The summed E-state index contributed by atoms with van der Waals surface area (Å²) in [5.41, 5.74) is 0.695. The number of hydrogen-bond donors (Lipinski definition) is 0. The third-order valence-corrected chi connectivity index (χ3v) is 3.12. The number of ether oxygens (including phenoxy) is 1. The summed E-state index contributed by atoms with van der Waals surface area (Å²) in [6.07, 6.45) is 3.01. The van der Waals surface area contributed by atoms with Crippen LogP contribution < -0.4 is 4.74 Å². The molecule has 0 radical (unpaired) electrons. The fourth-order valence-corrected chi connectivity index (χ4v) is 2.06. The van der Waals surface area contributed by atoms with Gasteiger partial charge in [0.05, 0.1) is 16.1 Å². The number of nitrogens with zero attached hydrogens (tertiary/aromatic N) is 2. The van der Waals surface area contributed by atoms with Gasteiger partial charge in [-0.15, -0.1) is 0 Å². The maximum absolute atomic E-state index is 10.7. The Kier molecular flexibility index (Phi) is 4.34. The molecule has 98 valence electrons. The van der Waals surface area contributed by atoms with Crippen molar-refractivity contribution < 1.29 is 9.66 Å². The molecule has 0 N–H and O–H groups in total. The van der Waals surface area contributed by atoms with Crippen LogP contribution >= 0.6 is 27.5 Å². The molecule has 0 aliphatic rings. The fraction of sp³-hybridized carbons (Fsp3) is 0.0833. The molecule has 7 heteroatoms. The molecule has 0 saturated carbocycles. The molecule has 0 atom stereocenters. The Bertz CT molecular complexity index is 622. The average Bonchev–Trinajstić information content (AvgIpc) is 2.39. The summed E-state index contributed by atoms with van der Waals surface area (Å²) in [6.45, 7) is 0. The summed E-state index contributed by atoms with van der Waals surface area (Å²) in [5.74, 6) is 0.995. The van der Waals surface area contributed by atoms with Gasteiger partial charge >= 0.3 is 0 Å². The van der Waals surface area contributed by atoms with Crippen LogP contribution in [0, 0.1) is 10.1 Å². The zero-order valence-corrected chi connectivity index (χ0v) is 11.9. The van der Waals surface area contributed by atoms with E-state index in [2.05, 4.69) is 20.9 Å². The summed E-state index contributed by atoms with van der Waals surface area (Å²) in [4.78, 5) is 14.2. The van der Waals surface area contributed by atoms with E-state index in [0.29, 0.717) is 27.4 Å². The second kappa shape index (κ2) is 5.99. The Labute approximate surface area is 122 Å². The third-order valence-electron chi connectivity index (χ3n) is 2.31. The van der Waals surface area contributed by atoms with Crippen molar-refractivity contribution in [3.05, 3.63) is 57.4 Å². The van der Waals surface area contributed by atoms with Crippen molar-refractivity contribution in [2.24, 2.45) is 0 Å². The SMILES string of the molecule is O=[N+]([O-])c1ccc(Oc2cncc(Cl)c2)c(CBr)c1. The number of hydrogen-bond acceptors (Lipinski definition) is 4. The van der Waals surface area contributed by atoms with Gasteiger partial charge in [0, 0.05) is 35.3 Å². The van der Waals surface area contributed by atoms with Gasteiger partial charge in [-0.1, -0.05) is 27.5 Å². The van der Waals surface area contributed by atoms with E-state index in [0.717, 1.165) is 0 Å². The molecule has 0 aliphatic heterocycles. The lowest BCUT2D eigenvalue weighted by atomic mass is 10.2. The van der Waals surface area contributed by atoms with Crippen LogP contribution in [0.3, 0.4) is 0 Å². The lowest BCUT2D eigenvalue weighted by Crippen LogP contribution is -1.93. The standard InChI is InChI=1S/C12H8BrClN2O3/c13-5-8-3-10(16(17)18)1-2-12(8)19-11-4-9(14)6-15-7-11/h1-4,6-7H,5H2. The second-order valence-electron chi connectivity index (χ2n) is 3.62. The van der Waals surface area contributed by atoms with Crippen molar-refractivity contribution in [1.29, 1.82) is 0 Å². The number of pyridine rings is 1. The largest absolute Gasteiger partial charge is 0.455 e. The minimum absolute atomic E-state index is 0.0195. The Morgan fingerprint density at radius 2 is 2.16 bits per heavy atom. The number of benzene rings is 1. The maximum Gasteiger partial charge on any atom is 0.270 e. The van der Waals surface area contributed by atoms with Crippen LogP contribution in [0.15, 0.2) is 36.7 Å². The predicted molar refractivity (Wildman–Crippen MR) is 75.0 cm³/mol. The summed E-state index contributed by atoms with van der Waals surface area (Å²) < 4.78 is 5.62. The van der Waals surface area contributed by atoms with Crippen molar-refractivity contribution in [2.75, 3.05) is 0 Å². The molecule has 0 amide bonds. The van der Waals surface area contributed by atoms with E-state index >= 15 is 0 Å². The molecule has 1 heterocycles. The summed E-state index contributed by atoms with van der Waals surface area (Å²) >= 11 is 9.09. The van der Waals surface area contributed by atoms with E-state index in [1.54, 1.807) is 12.1 Å². The van der Waals surface area contributed by atoms with Gasteiger partial charge in [-0.05, 0) is 6.07 Å². The smallest absolute Gasteiger partial charge is 0.270 e. The van der Waals surface area contributed by atoms with Crippen molar-refractivity contribution >= 4 is 33.2 Å². The lowest BCUT2D eigenvalue weighted by Gasteiger charge is -2.09. The van der Waals surface area contributed by atoms with Crippen LogP contribution in [-0.2, 0) is 5.33 Å². The Morgan fingerprint density at radius 3 is 2.79 bits per heavy atom. The third kappa shape index (κ3) is 3.42. The quantitative estimate of drug-likeness (QED) is 0.471. The van der Waals surface area contributed by atoms with Gasteiger partial charge < -0.3 is 4.74 Å². The van der Waals surface area contributed by atoms with Gasteiger partial charge in [0.1, 0.15) is 11.5 Å². The highest BCUT2D eigenvalue weighted by molar-refractivity contribution is 9.08.